The first-order valence-corrected chi connectivity index (χ1v) is 6.79. The van der Waals surface area contributed by atoms with Crippen LogP contribution in [0.2, 0.25) is 5.02 Å². The molecule has 0 aliphatic rings. The maximum absolute atomic E-state index is 10.6. The molecule has 0 aliphatic heterocycles. The van der Waals surface area contributed by atoms with Crippen LogP contribution in [0.25, 0.3) is 0 Å². The Balaban J connectivity index is 2.20. The second-order valence-corrected chi connectivity index (χ2v) is 5.78. The van der Waals surface area contributed by atoms with E-state index in [1.807, 2.05) is 29.1 Å². The lowest BCUT2D eigenvalue weighted by Gasteiger charge is -2.23. The van der Waals surface area contributed by atoms with E-state index in [1.165, 1.54) is 0 Å². The molecule has 0 bridgehead atoms. The summed E-state index contributed by atoms with van der Waals surface area (Å²) in [6.07, 6.45) is 2.40. The van der Waals surface area contributed by atoms with Crippen LogP contribution < -0.4 is 0 Å². The van der Waals surface area contributed by atoms with Crippen molar-refractivity contribution in [2.24, 2.45) is 0 Å². The zero-order chi connectivity index (χ0) is 14.0. The van der Waals surface area contributed by atoms with Crippen molar-refractivity contribution in [1.29, 1.82) is 0 Å². The molecule has 0 saturated carbocycles. The first-order chi connectivity index (χ1) is 8.88. The number of aliphatic hydroxyl groups is 1. The molecule has 4 heteroatoms. The van der Waals surface area contributed by atoms with E-state index in [9.17, 15) is 5.11 Å². The molecule has 1 aromatic heterocycles. The van der Waals surface area contributed by atoms with E-state index in [4.69, 9.17) is 11.6 Å². The Kier molecular flexibility index (Phi) is 3.97. The van der Waals surface area contributed by atoms with Crippen molar-refractivity contribution in [3.05, 3.63) is 52.8 Å². The standard InChI is InChI=1S/C15H19ClN2O/c1-11(2)18-8-7-14(17-18)10-15(3,19)12-5-4-6-13(16)9-12/h4-9,11,19H,10H2,1-3H3. The van der Waals surface area contributed by atoms with E-state index in [0.717, 1.165) is 11.3 Å². The van der Waals surface area contributed by atoms with Gasteiger partial charge in [-0.05, 0) is 44.5 Å². The van der Waals surface area contributed by atoms with Crippen molar-refractivity contribution < 1.29 is 5.11 Å². The molecule has 0 aliphatic carbocycles. The first kappa shape index (κ1) is 14.1. The predicted octanol–water partition coefficient (Wildman–Crippen LogP) is 3.57. The minimum atomic E-state index is -0.971. The number of rotatable bonds is 4. The van der Waals surface area contributed by atoms with Crippen molar-refractivity contribution in [3.63, 3.8) is 0 Å². The van der Waals surface area contributed by atoms with Crippen LogP contribution in [-0.4, -0.2) is 14.9 Å². The van der Waals surface area contributed by atoms with Crippen LogP contribution in [0, 0.1) is 0 Å². The quantitative estimate of drug-likeness (QED) is 0.928. The highest BCUT2D eigenvalue weighted by atomic mass is 35.5. The monoisotopic (exact) mass is 278 g/mol. The Morgan fingerprint density at radius 1 is 1.37 bits per heavy atom. The van der Waals surface area contributed by atoms with Gasteiger partial charge in [-0.25, -0.2) is 0 Å². The van der Waals surface area contributed by atoms with Gasteiger partial charge in [0.2, 0.25) is 0 Å². The van der Waals surface area contributed by atoms with Crippen LogP contribution in [0.3, 0.4) is 0 Å². The molecule has 0 fully saturated rings. The molecule has 3 nitrogen and oxygen atoms in total. The molecular formula is C15H19ClN2O. The summed E-state index contributed by atoms with van der Waals surface area (Å²) in [5.41, 5.74) is 0.707. The van der Waals surface area contributed by atoms with Gasteiger partial charge < -0.3 is 5.11 Å². The second kappa shape index (κ2) is 5.35. The number of benzene rings is 1. The predicted molar refractivity (Wildman–Crippen MR) is 77.3 cm³/mol. The molecule has 0 amide bonds. The van der Waals surface area contributed by atoms with Crippen molar-refractivity contribution in [1.82, 2.24) is 9.78 Å². The summed E-state index contributed by atoms with van der Waals surface area (Å²) in [6, 6.07) is 9.59. The third-order valence-corrected chi connectivity index (χ3v) is 3.40. The normalized spacial score (nSPS) is 14.6. The molecule has 1 atom stereocenters. The Morgan fingerprint density at radius 2 is 2.11 bits per heavy atom. The van der Waals surface area contributed by atoms with E-state index < -0.39 is 5.60 Å². The fourth-order valence-corrected chi connectivity index (χ4v) is 2.23. The van der Waals surface area contributed by atoms with Crippen LogP contribution in [0.4, 0.5) is 0 Å². The van der Waals surface area contributed by atoms with Gasteiger partial charge in [0.15, 0.2) is 0 Å². The molecule has 0 saturated heterocycles. The van der Waals surface area contributed by atoms with Crippen LogP contribution in [0.5, 0.6) is 0 Å². The Hall–Kier alpha value is -1.32. The topological polar surface area (TPSA) is 38.0 Å². The molecule has 19 heavy (non-hydrogen) atoms. The maximum Gasteiger partial charge on any atom is 0.0924 e. The Morgan fingerprint density at radius 3 is 2.68 bits per heavy atom. The third kappa shape index (κ3) is 3.37. The number of nitrogens with zero attached hydrogens (tertiary/aromatic N) is 2. The van der Waals surface area contributed by atoms with E-state index in [1.54, 1.807) is 19.1 Å². The van der Waals surface area contributed by atoms with Crippen LogP contribution in [0.15, 0.2) is 36.5 Å². The molecule has 1 aromatic carbocycles. The Bertz CT molecular complexity index is 561. The lowest BCUT2D eigenvalue weighted by atomic mass is 9.91. The highest BCUT2D eigenvalue weighted by Crippen LogP contribution is 2.26. The summed E-state index contributed by atoms with van der Waals surface area (Å²) in [7, 11) is 0. The lowest BCUT2D eigenvalue weighted by Crippen LogP contribution is -2.24. The number of aromatic nitrogens is 2. The highest BCUT2D eigenvalue weighted by Gasteiger charge is 2.25. The van der Waals surface area contributed by atoms with Gasteiger partial charge in [0.05, 0.1) is 11.3 Å². The lowest BCUT2D eigenvalue weighted by molar-refractivity contribution is 0.0564. The van der Waals surface area contributed by atoms with Gasteiger partial charge in [-0.1, -0.05) is 23.7 Å². The van der Waals surface area contributed by atoms with Crippen molar-refractivity contribution in [2.75, 3.05) is 0 Å². The zero-order valence-electron chi connectivity index (χ0n) is 11.5. The highest BCUT2D eigenvalue weighted by molar-refractivity contribution is 6.30. The second-order valence-electron chi connectivity index (χ2n) is 5.34. The van der Waals surface area contributed by atoms with Gasteiger partial charge in [-0.2, -0.15) is 5.10 Å². The summed E-state index contributed by atoms with van der Waals surface area (Å²) < 4.78 is 1.89. The first-order valence-electron chi connectivity index (χ1n) is 6.41. The van der Waals surface area contributed by atoms with E-state index in [2.05, 4.69) is 18.9 Å². The average molecular weight is 279 g/mol. The van der Waals surface area contributed by atoms with Crippen molar-refractivity contribution in [3.8, 4) is 0 Å². The third-order valence-electron chi connectivity index (χ3n) is 3.16. The minimum Gasteiger partial charge on any atom is -0.385 e. The van der Waals surface area contributed by atoms with Crippen LogP contribution in [-0.2, 0) is 12.0 Å². The summed E-state index contributed by atoms with van der Waals surface area (Å²) in [6.45, 7) is 5.94. The van der Waals surface area contributed by atoms with Crippen molar-refractivity contribution in [2.45, 2.75) is 38.8 Å². The molecule has 2 rings (SSSR count). The van der Waals surface area contributed by atoms with E-state index in [0.29, 0.717) is 17.5 Å². The smallest absolute Gasteiger partial charge is 0.0924 e. The van der Waals surface area contributed by atoms with Gasteiger partial charge in [0.1, 0.15) is 0 Å². The van der Waals surface area contributed by atoms with Crippen molar-refractivity contribution >= 4 is 11.6 Å². The summed E-state index contributed by atoms with van der Waals surface area (Å²) >= 11 is 5.97. The zero-order valence-corrected chi connectivity index (χ0v) is 12.2. The summed E-state index contributed by atoms with van der Waals surface area (Å²) in [5, 5.41) is 15.7. The number of hydrogen-bond donors (Lipinski definition) is 1. The van der Waals surface area contributed by atoms with E-state index >= 15 is 0 Å². The summed E-state index contributed by atoms with van der Waals surface area (Å²) in [4.78, 5) is 0. The maximum atomic E-state index is 10.6. The van der Waals surface area contributed by atoms with Gasteiger partial charge >= 0.3 is 0 Å². The molecule has 1 N–H and O–H groups in total. The van der Waals surface area contributed by atoms with Gasteiger partial charge in [-0.15, -0.1) is 0 Å². The average Bonchev–Trinajstić information content (AvgIpc) is 2.77. The minimum absolute atomic E-state index is 0.324. The molecule has 1 unspecified atom stereocenters. The fraction of sp³-hybridized carbons (Fsp3) is 0.400. The van der Waals surface area contributed by atoms with Crippen LogP contribution >= 0.6 is 11.6 Å². The fourth-order valence-electron chi connectivity index (χ4n) is 2.04. The van der Waals surface area contributed by atoms with Gasteiger partial charge in [-0.3, -0.25) is 4.68 Å². The molecule has 1 heterocycles. The van der Waals surface area contributed by atoms with Gasteiger partial charge in [0, 0.05) is 23.7 Å². The Labute approximate surface area is 118 Å². The molecule has 102 valence electrons. The van der Waals surface area contributed by atoms with E-state index in [-0.39, 0.29) is 0 Å². The van der Waals surface area contributed by atoms with Crippen LogP contribution in [0.1, 0.15) is 38.1 Å². The number of halogens is 1. The SMILES string of the molecule is CC(C)n1ccc(CC(C)(O)c2cccc(Cl)c2)n1. The largest absolute Gasteiger partial charge is 0.385 e. The summed E-state index contributed by atoms with van der Waals surface area (Å²) in [5.74, 6) is 0. The molecular weight excluding hydrogens is 260 g/mol. The molecule has 2 aromatic rings. The molecule has 0 radical (unpaired) electrons. The number of hydrogen-bond acceptors (Lipinski definition) is 2. The molecule has 0 spiro atoms. The van der Waals surface area contributed by atoms with Gasteiger partial charge in [0.25, 0.3) is 0 Å².